The third-order valence-corrected chi connectivity index (χ3v) is 3.32. The minimum Gasteiger partial charge on any atom is -0.494 e. The van der Waals surface area contributed by atoms with Crippen molar-refractivity contribution < 1.29 is 9.53 Å². The largest absolute Gasteiger partial charge is 0.494 e. The lowest BCUT2D eigenvalue weighted by Crippen LogP contribution is -2.17. The first-order chi connectivity index (χ1) is 9.70. The van der Waals surface area contributed by atoms with Crippen molar-refractivity contribution in [3.63, 3.8) is 0 Å². The Bertz CT molecular complexity index is 566. The van der Waals surface area contributed by atoms with E-state index in [1.165, 1.54) is 0 Å². The molecule has 2 nitrogen and oxygen atoms in total. The normalized spacial score (nSPS) is 11.9. The van der Waals surface area contributed by atoms with Gasteiger partial charge in [-0.1, -0.05) is 42.5 Å². The van der Waals surface area contributed by atoms with E-state index in [1.54, 1.807) is 12.1 Å². The lowest BCUT2D eigenvalue weighted by Gasteiger charge is -2.10. The van der Waals surface area contributed by atoms with Gasteiger partial charge in [0.25, 0.3) is 0 Å². The molecule has 2 rings (SSSR count). The van der Waals surface area contributed by atoms with Crippen LogP contribution in [0.15, 0.2) is 54.6 Å². The van der Waals surface area contributed by atoms with E-state index in [0.717, 1.165) is 11.3 Å². The highest BCUT2D eigenvalue weighted by Crippen LogP contribution is 2.18. The summed E-state index contributed by atoms with van der Waals surface area (Å²) in [6.45, 7) is 2.56. The smallest absolute Gasteiger partial charge is 0.180 e. The van der Waals surface area contributed by atoms with Gasteiger partial charge in [-0.25, -0.2) is 0 Å². The SMILES string of the molecule is CCOc1cccc(CC(Cl)C(=O)c2ccccc2)c1. The van der Waals surface area contributed by atoms with E-state index in [0.29, 0.717) is 18.6 Å². The van der Waals surface area contributed by atoms with Gasteiger partial charge in [0.1, 0.15) is 11.1 Å². The predicted octanol–water partition coefficient (Wildman–Crippen LogP) is 4.12. The third-order valence-electron chi connectivity index (χ3n) is 2.97. The molecule has 0 N–H and O–H groups in total. The molecule has 0 aliphatic rings. The quantitative estimate of drug-likeness (QED) is 0.590. The van der Waals surface area contributed by atoms with Crippen molar-refractivity contribution in [1.82, 2.24) is 0 Å². The fourth-order valence-electron chi connectivity index (χ4n) is 2.01. The van der Waals surface area contributed by atoms with E-state index in [4.69, 9.17) is 16.3 Å². The molecule has 1 unspecified atom stereocenters. The summed E-state index contributed by atoms with van der Waals surface area (Å²) in [5, 5.41) is -0.561. The maximum atomic E-state index is 12.2. The second-order valence-corrected chi connectivity index (χ2v) is 5.01. The molecule has 0 radical (unpaired) electrons. The first-order valence-corrected chi connectivity index (χ1v) is 7.09. The molecule has 104 valence electrons. The van der Waals surface area contributed by atoms with E-state index in [9.17, 15) is 4.79 Å². The molecule has 0 aliphatic heterocycles. The Labute approximate surface area is 124 Å². The van der Waals surface area contributed by atoms with Crippen LogP contribution in [0.4, 0.5) is 0 Å². The Morgan fingerprint density at radius 2 is 1.90 bits per heavy atom. The maximum Gasteiger partial charge on any atom is 0.180 e. The van der Waals surface area contributed by atoms with Gasteiger partial charge < -0.3 is 4.74 Å². The molecule has 0 bridgehead atoms. The number of rotatable bonds is 6. The predicted molar refractivity (Wildman–Crippen MR) is 81.7 cm³/mol. The van der Waals surface area contributed by atoms with Crippen molar-refractivity contribution in [1.29, 1.82) is 0 Å². The minimum atomic E-state index is -0.561. The molecule has 0 saturated carbocycles. The number of carbonyl (C=O) groups excluding carboxylic acids is 1. The van der Waals surface area contributed by atoms with Crippen LogP contribution in [0, 0.1) is 0 Å². The summed E-state index contributed by atoms with van der Waals surface area (Å²) in [5.41, 5.74) is 1.65. The van der Waals surface area contributed by atoms with Crippen LogP contribution in [0.3, 0.4) is 0 Å². The molecular formula is C17H17ClO2. The van der Waals surface area contributed by atoms with Gasteiger partial charge >= 0.3 is 0 Å². The van der Waals surface area contributed by atoms with E-state index in [1.807, 2.05) is 49.4 Å². The Balaban J connectivity index is 2.06. The number of ether oxygens (including phenoxy) is 1. The first-order valence-electron chi connectivity index (χ1n) is 6.65. The lowest BCUT2D eigenvalue weighted by molar-refractivity contribution is 0.0986. The monoisotopic (exact) mass is 288 g/mol. The van der Waals surface area contributed by atoms with Gasteiger partial charge in [0, 0.05) is 5.56 Å². The number of ketones is 1. The topological polar surface area (TPSA) is 26.3 Å². The van der Waals surface area contributed by atoms with Crippen molar-refractivity contribution >= 4 is 17.4 Å². The number of hydrogen-bond acceptors (Lipinski definition) is 2. The summed E-state index contributed by atoms with van der Waals surface area (Å²) in [7, 11) is 0. The highest BCUT2D eigenvalue weighted by Gasteiger charge is 2.17. The zero-order chi connectivity index (χ0) is 14.4. The summed E-state index contributed by atoms with van der Waals surface area (Å²) in [5.74, 6) is 0.759. The van der Waals surface area contributed by atoms with Crippen LogP contribution in [0.2, 0.25) is 0 Å². The van der Waals surface area contributed by atoms with Crippen molar-refractivity contribution in [2.75, 3.05) is 6.61 Å². The summed E-state index contributed by atoms with van der Waals surface area (Å²) in [4.78, 5) is 12.2. The van der Waals surface area contributed by atoms with Gasteiger partial charge in [-0.2, -0.15) is 0 Å². The van der Waals surface area contributed by atoms with Crippen LogP contribution >= 0.6 is 11.6 Å². The fraction of sp³-hybridized carbons (Fsp3) is 0.235. The van der Waals surface area contributed by atoms with E-state index < -0.39 is 5.38 Å². The first kappa shape index (κ1) is 14.6. The Morgan fingerprint density at radius 1 is 1.15 bits per heavy atom. The molecule has 20 heavy (non-hydrogen) atoms. The molecule has 1 atom stereocenters. The molecule has 2 aromatic carbocycles. The minimum absolute atomic E-state index is 0.0471. The van der Waals surface area contributed by atoms with Crippen LogP contribution in [0.25, 0.3) is 0 Å². The van der Waals surface area contributed by atoms with Crippen molar-refractivity contribution in [3.05, 3.63) is 65.7 Å². The number of alkyl halides is 1. The van der Waals surface area contributed by atoms with E-state index in [2.05, 4.69) is 0 Å². The molecule has 0 amide bonds. The molecule has 0 saturated heterocycles. The lowest BCUT2D eigenvalue weighted by atomic mass is 10.0. The molecule has 0 spiro atoms. The van der Waals surface area contributed by atoms with Crippen LogP contribution in [-0.4, -0.2) is 17.8 Å². The van der Waals surface area contributed by atoms with Gasteiger partial charge in [-0.15, -0.1) is 11.6 Å². The summed E-state index contributed by atoms with van der Waals surface area (Å²) in [6.07, 6.45) is 0.496. The average Bonchev–Trinajstić information content (AvgIpc) is 2.48. The average molecular weight is 289 g/mol. The standard InChI is InChI=1S/C17H17ClO2/c1-2-20-15-10-6-7-13(11-15)12-16(18)17(19)14-8-4-3-5-9-14/h3-11,16H,2,12H2,1H3. The number of Topliss-reactive ketones (excluding diaryl/α,β-unsaturated/α-hetero) is 1. The van der Waals surface area contributed by atoms with Gasteiger partial charge in [0.15, 0.2) is 5.78 Å². The molecule has 2 aromatic rings. The third kappa shape index (κ3) is 3.84. The summed E-state index contributed by atoms with van der Waals surface area (Å²) >= 11 is 6.24. The fourth-order valence-corrected chi connectivity index (χ4v) is 2.32. The molecular weight excluding hydrogens is 272 g/mol. The molecule has 0 fully saturated rings. The Hall–Kier alpha value is -1.80. The zero-order valence-corrected chi connectivity index (χ0v) is 12.1. The van der Waals surface area contributed by atoms with Crippen molar-refractivity contribution in [2.45, 2.75) is 18.7 Å². The highest BCUT2D eigenvalue weighted by atomic mass is 35.5. The van der Waals surface area contributed by atoms with Crippen LogP contribution < -0.4 is 4.74 Å². The van der Waals surface area contributed by atoms with Gasteiger partial charge in [0.2, 0.25) is 0 Å². The summed E-state index contributed by atoms with van der Waals surface area (Å²) in [6, 6.07) is 16.8. The number of hydrogen-bond donors (Lipinski definition) is 0. The second-order valence-electron chi connectivity index (χ2n) is 4.48. The number of benzene rings is 2. The summed E-state index contributed by atoms with van der Waals surface area (Å²) < 4.78 is 5.45. The van der Waals surface area contributed by atoms with Gasteiger partial charge in [0.05, 0.1) is 6.61 Å². The molecule has 0 heterocycles. The van der Waals surface area contributed by atoms with Crippen LogP contribution in [-0.2, 0) is 6.42 Å². The second kappa shape index (κ2) is 7.11. The molecule has 0 aromatic heterocycles. The molecule has 0 aliphatic carbocycles. The Kier molecular flexibility index (Phi) is 5.19. The van der Waals surface area contributed by atoms with E-state index >= 15 is 0 Å². The van der Waals surface area contributed by atoms with Crippen LogP contribution in [0.1, 0.15) is 22.8 Å². The molecule has 3 heteroatoms. The van der Waals surface area contributed by atoms with Crippen molar-refractivity contribution in [2.24, 2.45) is 0 Å². The van der Waals surface area contributed by atoms with Gasteiger partial charge in [-0.3, -0.25) is 4.79 Å². The number of halogens is 1. The highest BCUT2D eigenvalue weighted by molar-refractivity contribution is 6.34. The van der Waals surface area contributed by atoms with Crippen molar-refractivity contribution in [3.8, 4) is 5.75 Å². The zero-order valence-electron chi connectivity index (χ0n) is 11.4. The maximum absolute atomic E-state index is 12.2. The van der Waals surface area contributed by atoms with E-state index in [-0.39, 0.29) is 5.78 Å². The Morgan fingerprint density at radius 3 is 2.60 bits per heavy atom. The van der Waals surface area contributed by atoms with Crippen LogP contribution in [0.5, 0.6) is 5.75 Å². The van der Waals surface area contributed by atoms with Gasteiger partial charge in [-0.05, 0) is 31.0 Å². The number of carbonyl (C=O) groups is 1.